The van der Waals surface area contributed by atoms with Gasteiger partial charge in [0.25, 0.3) is 0 Å². The molecule has 0 aliphatic rings. The van der Waals surface area contributed by atoms with Gasteiger partial charge >= 0.3 is 98.7 Å². The van der Waals surface area contributed by atoms with Crippen molar-refractivity contribution >= 4 is 32.9 Å². The maximum atomic E-state index is 5.77. The molecule has 0 N–H and O–H groups in total. The fourth-order valence-electron chi connectivity index (χ4n) is 1.44. The summed E-state index contributed by atoms with van der Waals surface area (Å²) in [5.41, 5.74) is 2.62. The second-order valence-electron chi connectivity index (χ2n) is 6.08. The Hall–Kier alpha value is 0.790. The van der Waals surface area contributed by atoms with Crippen LogP contribution in [-0.4, -0.2) is 27.2 Å². The summed E-state index contributed by atoms with van der Waals surface area (Å²) in [7, 11) is -1.04. The SMILES string of the molecule is C[Si](C)(C)/C=[C](\CCCCl)[Ge]([CH3])([CH3])[CH3]. The normalized spacial score (nSPS) is 14.6. The molecule has 0 aromatic rings. The standard InChI is InChI=1S/C11H25ClGeSi/c1-13(2,3)11(8-7-9-12)10-14(4,5)6/h10H,7-9H2,1-6H3/b11-10+. The predicted octanol–water partition coefficient (Wildman–Crippen LogP) is 4.69. The molecule has 84 valence electrons. The monoisotopic (exact) mass is 294 g/mol. The molecule has 0 aliphatic heterocycles. The van der Waals surface area contributed by atoms with Crippen molar-refractivity contribution in [3.05, 3.63) is 10.1 Å². The van der Waals surface area contributed by atoms with Gasteiger partial charge in [0.15, 0.2) is 0 Å². The van der Waals surface area contributed by atoms with E-state index in [0.717, 1.165) is 12.3 Å². The summed E-state index contributed by atoms with van der Waals surface area (Å²) >= 11 is 4.18. The molecule has 0 aliphatic carbocycles. The van der Waals surface area contributed by atoms with Crippen LogP contribution in [0.15, 0.2) is 10.1 Å². The molecule has 0 rings (SSSR count). The van der Waals surface area contributed by atoms with Gasteiger partial charge in [-0.3, -0.25) is 0 Å². The molecule has 0 heterocycles. The predicted molar refractivity (Wildman–Crippen MR) is 74.7 cm³/mol. The second kappa shape index (κ2) is 5.76. The number of rotatable bonds is 5. The molecule has 0 spiro atoms. The summed E-state index contributed by atoms with van der Waals surface area (Å²) in [6.07, 6.45) is 2.40. The molecule has 0 unspecified atom stereocenters. The zero-order chi connectivity index (χ0) is 11.4. The third-order valence-electron chi connectivity index (χ3n) is 2.15. The van der Waals surface area contributed by atoms with Crippen LogP contribution in [-0.2, 0) is 0 Å². The number of hydrogen-bond donors (Lipinski definition) is 0. The van der Waals surface area contributed by atoms with Gasteiger partial charge in [-0.2, -0.15) is 0 Å². The average molecular weight is 293 g/mol. The van der Waals surface area contributed by atoms with Crippen molar-refractivity contribution in [2.24, 2.45) is 0 Å². The van der Waals surface area contributed by atoms with Crippen molar-refractivity contribution in [3.8, 4) is 0 Å². The van der Waals surface area contributed by atoms with E-state index < -0.39 is 21.3 Å². The van der Waals surface area contributed by atoms with Crippen molar-refractivity contribution in [2.75, 3.05) is 5.88 Å². The van der Waals surface area contributed by atoms with Gasteiger partial charge in [0.05, 0.1) is 0 Å². The van der Waals surface area contributed by atoms with Crippen LogP contribution in [0.25, 0.3) is 0 Å². The molecule has 0 aromatic carbocycles. The summed E-state index contributed by atoms with van der Waals surface area (Å²) in [4.78, 5) is 0. The third-order valence-corrected chi connectivity index (χ3v) is 9.11. The molecule has 0 fully saturated rings. The molecule has 0 bridgehead atoms. The Morgan fingerprint density at radius 2 is 1.71 bits per heavy atom. The first-order valence-electron chi connectivity index (χ1n) is 5.45. The van der Waals surface area contributed by atoms with Gasteiger partial charge < -0.3 is 0 Å². The van der Waals surface area contributed by atoms with E-state index in [2.05, 4.69) is 42.6 Å². The van der Waals surface area contributed by atoms with Crippen molar-refractivity contribution in [1.82, 2.24) is 0 Å². The fraction of sp³-hybridized carbons (Fsp3) is 0.818. The molecular formula is C11H25ClGeSi. The minimum absolute atomic E-state index is 0.807. The Kier molecular flexibility index (Phi) is 6.08. The van der Waals surface area contributed by atoms with Crippen LogP contribution in [0.4, 0.5) is 0 Å². The Balaban J connectivity index is 4.65. The van der Waals surface area contributed by atoms with Crippen LogP contribution >= 0.6 is 11.6 Å². The molecule has 0 radical (unpaired) electrons. The van der Waals surface area contributed by atoms with Gasteiger partial charge in [0, 0.05) is 0 Å². The summed E-state index contributed by atoms with van der Waals surface area (Å²) in [6, 6.07) is 0. The quantitative estimate of drug-likeness (QED) is 0.510. The van der Waals surface area contributed by atoms with Gasteiger partial charge in [-0.05, 0) is 0 Å². The zero-order valence-electron chi connectivity index (χ0n) is 10.6. The topological polar surface area (TPSA) is 0 Å². The molecule has 0 aromatic heterocycles. The van der Waals surface area contributed by atoms with Crippen LogP contribution in [0, 0.1) is 0 Å². The van der Waals surface area contributed by atoms with Crippen LogP contribution in [0.5, 0.6) is 0 Å². The molecule has 0 saturated heterocycles. The molecule has 14 heavy (non-hydrogen) atoms. The van der Waals surface area contributed by atoms with Crippen molar-refractivity contribution in [1.29, 1.82) is 0 Å². The Labute approximate surface area is 98.5 Å². The maximum absolute atomic E-state index is 5.77. The van der Waals surface area contributed by atoms with Gasteiger partial charge in [0.1, 0.15) is 0 Å². The van der Waals surface area contributed by atoms with Crippen molar-refractivity contribution < 1.29 is 0 Å². The van der Waals surface area contributed by atoms with E-state index in [0.29, 0.717) is 0 Å². The number of halogens is 1. The molecule has 0 amide bonds. The van der Waals surface area contributed by atoms with E-state index in [1.807, 2.05) is 0 Å². The zero-order valence-corrected chi connectivity index (χ0v) is 14.4. The third kappa shape index (κ3) is 7.13. The summed E-state index contributed by atoms with van der Waals surface area (Å²) in [6.45, 7) is 7.25. The first kappa shape index (κ1) is 14.8. The van der Waals surface area contributed by atoms with E-state index >= 15 is 0 Å². The molecule has 0 atom stereocenters. The summed E-state index contributed by atoms with van der Waals surface area (Å²) in [5, 5.41) is 0. The first-order valence-corrected chi connectivity index (χ1v) is 16.9. The Bertz CT molecular complexity index is 198. The van der Waals surface area contributed by atoms with Crippen LogP contribution < -0.4 is 0 Å². The molecular weight excluding hydrogens is 268 g/mol. The number of allylic oxidation sites excluding steroid dienone is 1. The molecule has 0 saturated carbocycles. The van der Waals surface area contributed by atoms with Crippen LogP contribution in [0.1, 0.15) is 12.8 Å². The molecule has 0 nitrogen and oxygen atoms in total. The van der Waals surface area contributed by atoms with E-state index in [-0.39, 0.29) is 0 Å². The second-order valence-corrected chi connectivity index (χ2v) is 22.3. The first-order chi connectivity index (χ1) is 6.17. The minimum atomic E-state index is -1.59. The summed E-state index contributed by atoms with van der Waals surface area (Å²) < 4.78 is 1.78. The van der Waals surface area contributed by atoms with E-state index in [1.165, 1.54) is 6.42 Å². The Morgan fingerprint density at radius 3 is 2.00 bits per heavy atom. The molecule has 3 heteroatoms. The summed E-state index contributed by atoms with van der Waals surface area (Å²) in [5.74, 6) is 8.27. The van der Waals surface area contributed by atoms with E-state index in [1.54, 1.807) is 4.41 Å². The van der Waals surface area contributed by atoms with Gasteiger partial charge in [0.2, 0.25) is 0 Å². The van der Waals surface area contributed by atoms with Gasteiger partial charge in [-0.15, -0.1) is 0 Å². The number of alkyl halides is 1. The fourth-order valence-corrected chi connectivity index (χ4v) is 10.6. The Morgan fingerprint density at radius 1 is 1.21 bits per heavy atom. The number of hydrogen-bond acceptors (Lipinski definition) is 0. The van der Waals surface area contributed by atoms with E-state index in [4.69, 9.17) is 11.6 Å². The van der Waals surface area contributed by atoms with Crippen LogP contribution in [0.3, 0.4) is 0 Å². The average Bonchev–Trinajstić information content (AvgIpc) is 1.93. The van der Waals surface area contributed by atoms with Gasteiger partial charge in [-0.1, -0.05) is 0 Å². The van der Waals surface area contributed by atoms with Crippen LogP contribution in [0.2, 0.25) is 36.9 Å². The van der Waals surface area contributed by atoms with E-state index in [9.17, 15) is 0 Å². The van der Waals surface area contributed by atoms with Crippen molar-refractivity contribution in [3.63, 3.8) is 0 Å². The van der Waals surface area contributed by atoms with Gasteiger partial charge in [-0.25, -0.2) is 0 Å². The van der Waals surface area contributed by atoms with Crippen molar-refractivity contribution in [2.45, 2.75) is 49.8 Å².